The lowest BCUT2D eigenvalue weighted by molar-refractivity contribution is 0.569. The molecule has 104 valence electrons. The van der Waals surface area contributed by atoms with Crippen molar-refractivity contribution < 1.29 is 8.78 Å². The molecule has 0 fully saturated rings. The first-order chi connectivity index (χ1) is 10.2. The number of nitrogens with zero attached hydrogens (tertiary/aromatic N) is 3. The summed E-state index contributed by atoms with van der Waals surface area (Å²) in [5, 5.41) is 8.98. The number of hydrogen-bond acceptors (Lipinski definition) is 2. The Labute approximate surface area is 124 Å². The second-order valence-electron chi connectivity index (χ2n) is 4.38. The minimum atomic E-state index is -0.719. The van der Waals surface area contributed by atoms with Crippen molar-refractivity contribution in [3.8, 4) is 11.8 Å². The van der Waals surface area contributed by atoms with Gasteiger partial charge in [0.05, 0.1) is 28.5 Å². The van der Waals surface area contributed by atoms with Crippen molar-refractivity contribution in [3.63, 3.8) is 0 Å². The van der Waals surface area contributed by atoms with Crippen molar-refractivity contribution in [2.75, 3.05) is 0 Å². The van der Waals surface area contributed by atoms with Crippen LogP contribution in [0.5, 0.6) is 0 Å². The van der Waals surface area contributed by atoms with E-state index in [1.165, 1.54) is 16.7 Å². The maximum absolute atomic E-state index is 14.0. The third-order valence-corrected chi connectivity index (χ3v) is 3.37. The molecule has 6 heteroatoms. The molecular formula is C15H8ClF2N3. The lowest BCUT2D eigenvalue weighted by Gasteiger charge is -2.10. The van der Waals surface area contributed by atoms with Gasteiger partial charge in [0.1, 0.15) is 23.1 Å². The molecule has 0 aliphatic rings. The van der Waals surface area contributed by atoms with E-state index in [9.17, 15) is 8.78 Å². The van der Waals surface area contributed by atoms with E-state index in [0.717, 1.165) is 12.1 Å². The highest BCUT2D eigenvalue weighted by molar-refractivity contribution is 6.17. The Morgan fingerprint density at radius 1 is 1.19 bits per heavy atom. The van der Waals surface area contributed by atoms with E-state index < -0.39 is 11.6 Å². The van der Waals surface area contributed by atoms with Crippen LogP contribution in [0.3, 0.4) is 0 Å². The Kier molecular flexibility index (Phi) is 3.32. The van der Waals surface area contributed by atoms with Crippen LogP contribution in [0.2, 0.25) is 0 Å². The average Bonchev–Trinajstić information content (AvgIpc) is 2.85. The van der Waals surface area contributed by atoms with E-state index in [2.05, 4.69) is 4.98 Å². The van der Waals surface area contributed by atoms with Crippen LogP contribution in [0.15, 0.2) is 36.4 Å². The molecule has 0 saturated heterocycles. The molecule has 1 heterocycles. The number of nitriles is 1. The van der Waals surface area contributed by atoms with Crippen LogP contribution in [-0.2, 0) is 5.88 Å². The van der Waals surface area contributed by atoms with Gasteiger partial charge in [0.25, 0.3) is 0 Å². The van der Waals surface area contributed by atoms with E-state index in [4.69, 9.17) is 16.9 Å². The molecule has 3 aromatic rings. The van der Waals surface area contributed by atoms with E-state index >= 15 is 0 Å². The quantitative estimate of drug-likeness (QED) is 0.673. The van der Waals surface area contributed by atoms with E-state index in [0.29, 0.717) is 22.4 Å². The predicted molar refractivity (Wildman–Crippen MR) is 75.3 cm³/mol. The largest absolute Gasteiger partial charge is 0.290 e. The van der Waals surface area contributed by atoms with Gasteiger partial charge in [0.15, 0.2) is 0 Å². The van der Waals surface area contributed by atoms with Gasteiger partial charge < -0.3 is 0 Å². The molecule has 21 heavy (non-hydrogen) atoms. The third-order valence-electron chi connectivity index (χ3n) is 3.13. The molecule has 1 aromatic heterocycles. The molecule has 0 radical (unpaired) electrons. The highest BCUT2D eigenvalue weighted by Crippen LogP contribution is 2.27. The maximum atomic E-state index is 14.0. The Morgan fingerprint density at radius 2 is 1.90 bits per heavy atom. The van der Waals surface area contributed by atoms with Crippen LogP contribution in [0.25, 0.3) is 16.7 Å². The smallest absolute Gasteiger partial charge is 0.150 e. The van der Waals surface area contributed by atoms with Gasteiger partial charge in [-0.25, -0.2) is 13.8 Å². The molecule has 0 aliphatic carbocycles. The molecule has 0 aliphatic heterocycles. The zero-order valence-corrected chi connectivity index (χ0v) is 11.4. The number of imidazole rings is 1. The van der Waals surface area contributed by atoms with E-state index in [1.807, 2.05) is 6.07 Å². The molecule has 3 rings (SSSR count). The second kappa shape index (κ2) is 5.15. The minimum Gasteiger partial charge on any atom is -0.290 e. The first-order valence-corrected chi connectivity index (χ1v) is 6.61. The molecule has 2 aromatic carbocycles. The summed E-state index contributed by atoms with van der Waals surface area (Å²) in [6, 6.07) is 10.4. The first kappa shape index (κ1) is 13.5. The summed E-state index contributed by atoms with van der Waals surface area (Å²) in [6.45, 7) is 0. The zero-order chi connectivity index (χ0) is 15.0. The highest BCUT2D eigenvalue weighted by atomic mass is 35.5. The third kappa shape index (κ3) is 2.14. The number of aromatic nitrogens is 2. The van der Waals surface area contributed by atoms with Crippen LogP contribution in [0.1, 0.15) is 11.4 Å². The SMILES string of the molecule is N#Cc1ccc2nc(CCl)n(-c3c(F)cccc3F)c2c1. The lowest BCUT2D eigenvalue weighted by atomic mass is 10.2. The van der Waals surface area contributed by atoms with Gasteiger partial charge in [-0.15, -0.1) is 11.6 Å². The van der Waals surface area contributed by atoms with Gasteiger partial charge in [-0.1, -0.05) is 6.07 Å². The summed E-state index contributed by atoms with van der Waals surface area (Å²) in [6.07, 6.45) is 0. The van der Waals surface area contributed by atoms with Gasteiger partial charge >= 0.3 is 0 Å². The molecule has 0 unspecified atom stereocenters. The standard InChI is InChI=1S/C15H8ClF2N3/c16-7-14-20-12-5-4-9(8-19)6-13(12)21(14)15-10(17)2-1-3-11(15)18/h1-6H,7H2. The Balaban J connectivity index is 2.43. The van der Waals surface area contributed by atoms with Crippen molar-refractivity contribution >= 4 is 22.6 Å². The number of alkyl halides is 1. The molecule has 0 bridgehead atoms. The molecule has 0 spiro atoms. The normalized spacial score (nSPS) is 10.8. The topological polar surface area (TPSA) is 41.6 Å². The first-order valence-electron chi connectivity index (χ1n) is 6.07. The summed E-state index contributed by atoms with van der Waals surface area (Å²) in [4.78, 5) is 4.25. The van der Waals surface area contributed by atoms with E-state index in [1.54, 1.807) is 12.1 Å². The molecule has 3 nitrogen and oxygen atoms in total. The number of benzene rings is 2. The average molecular weight is 304 g/mol. The van der Waals surface area contributed by atoms with Crippen LogP contribution < -0.4 is 0 Å². The van der Waals surface area contributed by atoms with Crippen LogP contribution in [-0.4, -0.2) is 9.55 Å². The van der Waals surface area contributed by atoms with Gasteiger partial charge in [-0.2, -0.15) is 5.26 Å². The van der Waals surface area contributed by atoms with Crippen LogP contribution in [0.4, 0.5) is 8.78 Å². The van der Waals surface area contributed by atoms with Crippen molar-refractivity contribution in [3.05, 3.63) is 59.4 Å². The fourth-order valence-electron chi connectivity index (χ4n) is 2.24. The predicted octanol–water partition coefficient (Wildman–Crippen LogP) is 3.91. The van der Waals surface area contributed by atoms with Crippen LogP contribution in [0, 0.1) is 23.0 Å². The Morgan fingerprint density at radius 3 is 2.52 bits per heavy atom. The van der Waals surface area contributed by atoms with Gasteiger partial charge in [-0.3, -0.25) is 4.57 Å². The molecule has 0 N–H and O–H groups in total. The van der Waals surface area contributed by atoms with Crippen molar-refractivity contribution in [2.24, 2.45) is 0 Å². The number of fused-ring (bicyclic) bond motifs is 1. The second-order valence-corrected chi connectivity index (χ2v) is 4.65. The van der Waals surface area contributed by atoms with E-state index in [-0.39, 0.29) is 11.6 Å². The number of halogens is 3. The summed E-state index contributed by atoms with van der Waals surface area (Å²) in [7, 11) is 0. The van der Waals surface area contributed by atoms with Crippen molar-refractivity contribution in [1.29, 1.82) is 5.26 Å². The zero-order valence-electron chi connectivity index (χ0n) is 10.6. The van der Waals surface area contributed by atoms with Gasteiger partial charge in [-0.05, 0) is 30.3 Å². The monoisotopic (exact) mass is 303 g/mol. The van der Waals surface area contributed by atoms with Crippen molar-refractivity contribution in [1.82, 2.24) is 9.55 Å². The number of para-hydroxylation sites is 1. The summed E-state index contributed by atoms with van der Waals surface area (Å²) >= 11 is 5.84. The summed E-state index contributed by atoms with van der Waals surface area (Å²) < 4.78 is 29.4. The number of hydrogen-bond donors (Lipinski definition) is 0. The molecule has 0 atom stereocenters. The van der Waals surface area contributed by atoms with Gasteiger partial charge in [0.2, 0.25) is 0 Å². The van der Waals surface area contributed by atoms with Gasteiger partial charge in [0, 0.05) is 0 Å². The van der Waals surface area contributed by atoms with Crippen molar-refractivity contribution in [2.45, 2.75) is 5.88 Å². The Hall–Kier alpha value is -2.45. The molecular weight excluding hydrogens is 296 g/mol. The lowest BCUT2D eigenvalue weighted by Crippen LogP contribution is -2.05. The highest BCUT2D eigenvalue weighted by Gasteiger charge is 2.18. The summed E-state index contributed by atoms with van der Waals surface area (Å²) in [5.74, 6) is -1.14. The molecule has 0 amide bonds. The Bertz CT molecular complexity index is 860. The fraction of sp³-hybridized carbons (Fsp3) is 0.0667. The minimum absolute atomic E-state index is 0.00958. The maximum Gasteiger partial charge on any atom is 0.150 e. The van der Waals surface area contributed by atoms with Crippen LogP contribution >= 0.6 is 11.6 Å². The molecule has 0 saturated carbocycles. The summed E-state index contributed by atoms with van der Waals surface area (Å²) in [5.41, 5.74) is 1.09. The number of rotatable bonds is 2. The fourth-order valence-corrected chi connectivity index (χ4v) is 2.42.